The number of carbonyl (C=O) groups is 1. The van der Waals surface area contributed by atoms with Gasteiger partial charge in [-0.15, -0.1) is 0 Å². The van der Waals surface area contributed by atoms with E-state index in [2.05, 4.69) is 15.3 Å². The first-order chi connectivity index (χ1) is 17.0. The maximum atomic E-state index is 13.4. The smallest absolute Gasteiger partial charge is 0.228 e. The molecule has 7 nitrogen and oxygen atoms in total. The minimum atomic E-state index is -0.317. The van der Waals surface area contributed by atoms with E-state index in [1.807, 2.05) is 31.2 Å². The second kappa shape index (κ2) is 11.1. The molecular formula is C26H25ClFN5O2. The fourth-order valence-corrected chi connectivity index (χ4v) is 3.93. The lowest BCUT2D eigenvalue weighted by Crippen LogP contribution is -2.32. The molecular weight excluding hydrogens is 469 g/mol. The van der Waals surface area contributed by atoms with E-state index >= 15 is 0 Å². The number of ether oxygens (including phenoxy) is 1. The molecule has 0 aliphatic heterocycles. The molecule has 1 heterocycles. The van der Waals surface area contributed by atoms with E-state index < -0.39 is 0 Å². The van der Waals surface area contributed by atoms with E-state index in [4.69, 9.17) is 22.1 Å². The lowest BCUT2D eigenvalue weighted by molar-refractivity contribution is -0.118. The van der Waals surface area contributed by atoms with Crippen LogP contribution in [-0.4, -0.2) is 29.0 Å². The Kier molecular flexibility index (Phi) is 7.74. The first kappa shape index (κ1) is 24.4. The summed E-state index contributed by atoms with van der Waals surface area (Å²) in [5, 5.41) is 4.42. The third-order valence-corrected chi connectivity index (χ3v) is 5.68. The Morgan fingerprint density at radius 2 is 2.00 bits per heavy atom. The van der Waals surface area contributed by atoms with E-state index in [9.17, 15) is 9.18 Å². The van der Waals surface area contributed by atoms with Crippen LogP contribution in [0.4, 0.5) is 21.6 Å². The van der Waals surface area contributed by atoms with Crippen molar-refractivity contribution in [3.05, 3.63) is 83.4 Å². The van der Waals surface area contributed by atoms with Gasteiger partial charge in [0.15, 0.2) is 0 Å². The first-order valence-electron chi connectivity index (χ1n) is 11.2. The van der Waals surface area contributed by atoms with Crippen molar-refractivity contribution in [1.82, 2.24) is 9.97 Å². The van der Waals surface area contributed by atoms with Crippen LogP contribution in [0.5, 0.6) is 5.75 Å². The molecule has 3 aromatic carbocycles. The molecule has 180 valence electrons. The molecule has 0 saturated carbocycles. The summed E-state index contributed by atoms with van der Waals surface area (Å²) in [4.78, 5) is 22.9. The van der Waals surface area contributed by atoms with E-state index in [0.29, 0.717) is 40.9 Å². The van der Waals surface area contributed by atoms with Gasteiger partial charge in [-0.1, -0.05) is 23.7 Å². The molecule has 0 bridgehead atoms. The van der Waals surface area contributed by atoms with Crippen LogP contribution < -0.4 is 20.7 Å². The molecule has 0 spiro atoms. The summed E-state index contributed by atoms with van der Waals surface area (Å²) in [7, 11) is 0. The van der Waals surface area contributed by atoms with Gasteiger partial charge >= 0.3 is 0 Å². The predicted octanol–water partition coefficient (Wildman–Crippen LogP) is 5.45. The summed E-state index contributed by atoms with van der Waals surface area (Å²) in [6, 6.07) is 17.1. The molecule has 0 radical (unpaired) electrons. The number of benzene rings is 3. The van der Waals surface area contributed by atoms with Crippen molar-refractivity contribution < 1.29 is 13.9 Å². The quantitative estimate of drug-likeness (QED) is 0.322. The Morgan fingerprint density at radius 3 is 2.74 bits per heavy atom. The van der Waals surface area contributed by atoms with Gasteiger partial charge in [-0.25, -0.2) is 14.4 Å². The summed E-state index contributed by atoms with van der Waals surface area (Å²) < 4.78 is 19.1. The molecule has 0 aliphatic carbocycles. The number of aromatic nitrogens is 2. The molecule has 1 amide bonds. The predicted molar refractivity (Wildman–Crippen MR) is 137 cm³/mol. The van der Waals surface area contributed by atoms with Crippen molar-refractivity contribution in [1.29, 1.82) is 0 Å². The van der Waals surface area contributed by atoms with Crippen molar-refractivity contribution in [3.63, 3.8) is 0 Å². The molecule has 9 heteroatoms. The van der Waals surface area contributed by atoms with Crippen molar-refractivity contribution in [3.8, 4) is 5.75 Å². The number of carbonyl (C=O) groups excluding carboxylic acids is 1. The lowest BCUT2D eigenvalue weighted by atomic mass is 10.1. The van der Waals surface area contributed by atoms with Gasteiger partial charge in [-0.3, -0.25) is 4.79 Å². The number of halogens is 2. The minimum absolute atomic E-state index is 0.0404. The number of hydrogen-bond acceptors (Lipinski definition) is 6. The highest BCUT2D eigenvalue weighted by Crippen LogP contribution is 2.32. The first-order valence-corrected chi connectivity index (χ1v) is 11.5. The lowest BCUT2D eigenvalue weighted by Gasteiger charge is -2.21. The van der Waals surface area contributed by atoms with Gasteiger partial charge in [0, 0.05) is 36.3 Å². The number of fused-ring (bicyclic) bond motifs is 1. The number of nitrogens with one attached hydrogen (secondary N) is 1. The van der Waals surface area contributed by atoms with Crippen molar-refractivity contribution in [2.75, 3.05) is 23.3 Å². The molecule has 4 aromatic rings. The summed E-state index contributed by atoms with van der Waals surface area (Å²) in [5.74, 6) is 0.695. The topological polar surface area (TPSA) is 93.4 Å². The molecule has 0 unspecified atom stereocenters. The zero-order chi connectivity index (χ0) is 24.8. The number of anilines is 3. The molecule has 3 N–H and O–H groups in total. The van der Waals surface area contributed by atoms with Crippen LogP contribution in [0.25, 0.3) is 10.9 Å². The maximum absolute atomic E-state index is 13.4. The fourth-order valence-electron chi connectivity index (χ4n) is 3.69. The maximum Gasteiger partial charge on any atom is 0.228 e. The largest absolute Gasteiger partial charge is 0.487 e. The highest BCUT2D eigenvalue weighted by atomic mass is 35.5. The minimum Gasteiger partial charge on any atom is -0.487 e. The van der Waals surface area contributed by atoms with Gasteiger partial charge in [0.05, 0.1) is 10.5 Å². The second-order valence-electron chi connectivity index (χ2n) is 7.79. The van der Waals surface area contributed by atoms with Gasteiger partial charge in [0.2, 0.25) is 5.91 Å². The van der Waals surface area contributed by atoms with Gasteiger partial charge in [-0.2, -0.15) is 0 Å². The summed E-state index contributed by atoms with van der Waals surface area (Å²) in [5.41, 5.74) is 8.45. The second-order valence-corrected chi connectivity index (χ2v) is 8.20. The van der Waals surface area contributed by atoms with Gasteiger partial charge in [-0.05, 0) is 61.0 Å². The van der Waals surface area contributed by atoms with Crippen LogP contribution in [0.2, 0.25) is 5.02 Å². The normalized spacial score (nSPS) is 10.9. The van der Waals surface area contributed by atoms with E-state index in [0.717, 1.165) is 16.6 Å². The zero-order valence-corrected chi connectivity index (χ0v) is 19.9. The standard InChI is InChI=1S/C26H25ClFN5O2/c1-2-33(25(34)10-11-29)20-7-8-23-21(14-20)26(31-16-30-23)32-19-6-9-24(22(27)13-19)35-15-17-4-3-5-18(28)12-17/h3-9,12-14,16H,2,10-11,15,29H2,1H3,(H,30,31,32). The Hall–Kier alpha value is -3.75. The Morgan fingerprint density at radius 1 is 1.14 bits per heavy atom. The third kappa shape index (κ3) is 5.85. The van der Waals surface area contributed by atoms with E-state index in [-0.39, 0.29) is 24.8 Å². The summed E-state index contributed by atoms with van der Waals surface area (Å²) in [6.45, 7) is 2.93. The van der Waals surface area contributed by atoms with Crippen LogP contribution in [0, 0.1) is 5.82 Å². The van der Waals surface area contributed by atoms with E-state index in [1.54, 1.807) is 29.2 Å². The van der Waals surface area contributed by atoms with Crippen LogP contribution in [0.1, 0.15) is 18.9 Å². The number of hydrogen-bond donors (Lipinski definition) is 2. The van der Waals surface area contributed by atoms with Crippen molar-refractivity contribution >= 4 is 45.6 Å². The van der Waals surface area contributed by atoms with Crippen LogP contribution in [0.3, 0.4) is 0 Å². The molecule has 0 fully saturated rings. The average molecular weight is 494 g/mol. The van der Waals surface area contributed by atoms with Gasteiger partial charge in [0.25, 0.3) is 0 Å². The molecule has 0 saturated heterocycles. The highest BCUT2D eigenvalue weighted by Gasteiger charge is 2.15. The summed E-state index contributed by atoms with van der Waals surface area (Å²) >= 11 is 6.44. The number of nitrogens with two attached hydrogens (primary N) is 1. The van der Waals surface area contributed by atoms with Crippen LogP contribution in [-0.2, 0) is 11.4 Å². The molecule has 1 aromatic heterocycles. The Balaban J connectivity index is 1.55. The average Bonchev–Trinajstić information content (AvgIpc) is 2.84. The molecule has 4 rings (SSSR count). The Labute approximate surface area is 207 Å². The van der Waals surface area contributed by atoms with Crippen LogP contribution in [0.15, 0.2) is 67.0 Å². The SMILES string of the molecule is CCN(C(=O)CCN)c1ccc2ncnc(Nc3ccc(OCc4cccc(F)c4)c(Cl)c3)c2c1. The zero-order valence-electron chi connectivity index (χ0n) is 19.2. The third-order valence-electron chi connectivity index (χ3n) is 5.38. The van der Waals surface area contributed by atoms with Crippen molar-refractivity contribution in [2.45, 2.75) is 20.0 Å². The van der Waals surface area contributed by atoms with Crippen LogP contribution >= 0.6 is 11.6 Å². The Bertz CT molecular complexity index is 1350. The highest BCUT2D eigenvalue weighted by molar-refractivity contribution is 6.32. The number of nitrogens with zero attached hydrogens (tertiary/aromatic N) is 3. The van der Waals surface area contributed by atoms with E-state index in [1.165, 1.54) is 18.5 Å². The van der Waals surface area contributed by atoms with Gasteiger partial charge in [0.1, 0.15) is 30.3 Å². The number of rotatable bonds is 9. The number of amides is 1. The monoisotopic (exact) mass is 493 g/mol. The molecule has 35 heavy (non-hydrogen) atoms. The molecule has 0 atom stereocenters. The molecule has 0 aliphatic rings. The fraction of sp³-hybridized carbons (Fsp3) is 0.192. The van der Waals surface area contributed by atoms with Crippen molar-refractivity contribution in [2.24, 2.45) is 5.73 Å². The van der Waals surface area contributed by atoms with Gasteiger partial charge < -0.3 is 20.7 Å². The summed E-state index contributed by atoms with van der Waals surface area (Å²) in [6.07, 6.45) is 1.74.